The van der Waals surface area contributed by atoms with Crippen LogP contribution in [0.4, 0.5) is 22.7 Å². The minimum Gasteiger partial charge on any atom is -0.268 e. The zero-order valence-electron chi connectivity index (χ0n) is 28.7. The first kappa shape index (κ1) is 33.1. The minimum absolute atomic E-state index is 0.00588. The van der Waals surface area contributed by atoms with Crippen LogP contribution >= 0.6 is 0 Å². The summed E-state index contributed by atoms with van der Waals surface area (Å²) in [6.07, 6.45) is 0. The number of anilines is 2. The molecule has 0 fully saturated rings. The number of carbonyl (C=O) groups is 2. The summed E-state index contributed by atoms with van der Waals surface area (Å²) in [7, 11) is 2.00. The highest BCUT2D eigenvalue weighted by molar-refractivity contribution is 6.41. The molecule has 0 atom stereocenters. The summed E-state index contributed by atoms with van der Waals surface area (Å²) < 4.78 is 0. The van der Waals surface area contributed by atoms with Crippen molar-refractivity contribution < 1.29 is 9.59 Å². The third-order valence-corrected chi connectivity index (χ3v) is 8.28. The van der Waals surface area contributed by atoms with E-state index in [1.807, 2.05) is 146 Å². The van der Waals surface area contributed by atoms with Gasteiger partial charge in [-0.25, -0.2) is 9.98 Å². The van der Waals surface area contributed by atoms with Crippen molar-refractivity contribution in [1.82, 2.24) is 0 Å². The third-order valence-electron chi connectivity index (χ3n) is 8.28. The zero-order chi connectivity index (χ0) is 34.7. The number of nitrogens with zero attached hydrogens (tertiary/aromatic N) is 4. The van der Waals surface area contributed by atoms with Gasteiger partial charge in [0.05, 0.1) is 33.9 Å². The lowest BCUT2D eigenvalue weighted by molar-refractivity contribution is 0.0999. The van der Waals surface area contributed by atoms with E-state index in [1.165, 1.54) is 0 Å². The molecule has 7 heteroatoms. The monoisotopic (exact) mass is 641 g/mol. The molecular weight excluding hydrogens is 603 g/mol. The maximum absolute atomic E-state index is 12.7. The van der Waals surface area contributed by atoms with Crippen molar-refractivity contribution in [3.05, 3.63) is 144 Å². The Morgan fingerprint density at radius 3 is 1.14 bits per heavy atom. The van der Waals surface area contributed by atoms with Crippen molar-refractivity contribution in [2.24, 2.45) is 9.98 Å². The van der Waals surface area contributed by atoms with Crippen LogP contribution < -0.4 is 9.80 Å². The summed E-state index contributed by atoms with van der Waals surface area (Å²) in [5.74, 6) is 1.49. The van der Waals surface area contributed by atoms with Crippen LogP contribution in [0.15, 0.2) is 131 Å². The third kappa shape index (κ3) is 5.41. The van der Waals surface area contributed by atoms with Crippen LogP contribution in [0.25, 0.3) is 21.5 Å². The Balaban J connectivity index is 0.000000144. The molecule has 0 aromatic heterocycles. The number of aliphatic imine (C=N–C) groups is 2. The summed E-state index contributed by atoms with van der Waals surface area (Å²) in [4.78, 5) is 38.4. The lowest BCUT2D eigenvalue weighted by Gasteiger charge is -2.24. The number of amidine groups is 2. The largest absolute Gasteiger partial charge is 0.268 e. The van der Waals surface area contributed by atoms with Gasteiger partial charge in [-0.3, -0.25) is 19.4 Å². The van der Waals surface area contributed by atoms with Crippen molar-refractivity contribution in [2.75, 3.05) is 9.80 Å². The average molecular weight is 642 g/mol. The van der Waals surface area contributed by atoms with Gasteiger partial charge in [0.1, 0.15) is 19.0 Å². The molecule has 2 amide bonds. The van der Waals surface area contributed by atoms with Crippen molar-refractivity contribution >= 4 is 75.1 Å². The molecule has 0 aliphatic carbocycles. The molecule has 0 saturated heterocycles. The van der Waals surface area contributed by atoms with Gasteiger partial charge in [-0.1, -0.05) is 126 Å². The molecule has 6 nitrogen and oxygen atoms in total. The highest BCUT2D eigenvalue weighted by Crippen LogP contribution is 2.44. The van der Waals surface area contributed by atoms with Gasteiger partial charge in [0, 0.05) is 21.9 Å². The lowest BCUT2D eigenvalue weighted by Crippen LogP contribution is -2.31. The Morgan fingerprint density at radius 2 is 0.776 bits per heavy atom. The fraction of sp³-hybridized carbons (Fsp3) is 0.143. The highest BCUT2D eigenvalue weighted by Gasteiger charge is 2.39. The van der Waals surface area contributed by atoms with E-state index in [9.17, 15) is 9.59 Å². The first-order valence-corrected chi connectivity index (χ1v) is 16.9. The number of benzene rings is 6. The van der Waals surface area contributed by atoms with Crippen LogP contribution in [-0.4, -0.2) is 30.8 Å². The Morgan fingerprint density at radius 1 is 0.449 bits per heavy atom. The number of fused-ring (bicyclic) bond motifs is 8. The summed E-state index contributed by atoms with van der Waals surface area (Å²) in [6, 6.07) is 39.5. The lowest BCUT2D eigenvalue weighted by atomic mass is 9.88. The maximum Gasteiger partial charge on any atom is 0.264 e. The molecule has 0 unspecified atom stereocenters. The second kappa shape index (κ2) is 14.1. The van der Waals surface area contributed by atoms with Crippen LogP contribution in [0.5, 0.6) is 0 Å². The van der Waals surface area contributed by atoms with Crippen molar-refractivity contribution in [1.29, 1.82) is 0 Å². The van der Waals surface area contributed by atoms with E-state index < -0.39 is 0 Å². The first-order valence-electron chi connectivity index (χ1n) is 16.9. The van der Waals surface area contributed by atoms with E-state index in [4.69, 9.17) is 9.98 Å². The number of hydrogen-bond donors (Lipinski definition) is 0. The smallest absolute Gasteiger partial charge is 0.264 e. The number of amides is 2. The van der Waals surface area contributed by atoms with E-state index in [-0.39, 0.29) is 11.8 Å². The fourth-order valence-electron chi connectivity index (χ4n) is 6.46. The molecule has 0 saturated carbocycles. The van der Waals surface area contributed by atoms with Crippen LogP contribution in [0.1, 0.15) is 59.5 Å². The van der Waals surface area contributed by atoms with E-state index in [0.29, 0.717) is 0 Å². The van der Waals surface area contributed by atoms with Gasteiger partial charge in [-0.2, -0.15) is 0 Å². The van der Waals surface area contributed by atoms with Crippen LogP contribution in [-0.2, 0) is 0 Å². The van der Waals surface area contributed by atoms with E-state index in [1.54, 1.807) is 9.80 Å². The molecule has 0 spiro atoms. The SMILES string of the molecule is CC.CC.C[B]C.O=C1c2ccccc2C2=Nc3cccc4cccc(c34)N12.O=C1c2ccccc2C2=Nc3cccc4cccc(c34)N12. The van der Waals surface area contributed by atoms with Crippen LogP contribution in [0.3, 0.4) is 0 Å². The van der Waals surface area contributed by atoms with Crippen molar-refractivity contribution in [3.63, 3.8) is 0 Å². The standard InChI is InChI=1S/2C18H10N2O.C2H6B.2C2H6/c2*21-18-13-8-2-1-7-12(13)17-19-14-9-3-5-11-6-4-10-15(16(11)14)20(17)18;1-3-2;2*1-2/h2*1-10H;1-2H3;2*1-2H3. The summed E-state index contributed by atoms with van der Waals surface area (Å²) in [5.41, 5.74) is 6.98. The quantitative estimate of drug-likeness (QED) is 0.155. The Hall–Kier alpha value is -5.82. The molecule has 241 valence electrons. The van der Waals surface area contributed by atoms with Crippen molar-refractivity contribution in [3.8, 4) is 0 Å². The van der Waals surface area contributed by atoms with Crippen LogP contribution in [0, 0.1) is 0 Å². The number of rotatable bonds is 0. The van der Waals surface area contributed by atoms with Gasteiger partial charge in [-0.05, 0) is 47.2 Å². The van der Waals surface area contributed by atoms with E-state index in [2.05, 4.69) is 24.3 Å². The van der Waals surface area contributed by atoms with E-state index >= 15 is 0 Å². The summed E-state index contributed by atoms with van der Waals surface area (Å²) in [6.45, 7) is 12.0. The number of carbonyl (C=O) groups excluding carboxylic acids is 2. The molecule has 1 radical (unpaired) electrons. The second-order valence-corrected chi connectivity index (χ2v) is 11.1. The van der Waals surface area contributed by atoms with Gasteiger partial charge >= 0.3 is 0 Å². The molecule has 0 bridgehead atoms. The average Bonchev–Trinajstić information content (AvgIpc) is 3.61. The van der Waals surface area contributed by atoms with Gasteiger partial charge in [-0.15, -0.1) is 0 Å². The van der Waals surface area contributed by atoms with Gasteiger partial charge in [0.15, 0.2) is 0 Å². The molecule has 4 aliphatic heterocycles. The summed E-state index contributed by atoms with van der Waals surface area (Å²) >= 11 is 0. The van der Waals surface area contributed by atoms with Crippen LogP contribution in [0.2, 0.25) is 13.6 Å². The molecule has 0 N–H and O–H groups in total. The Bertz CT molecular complexity index is 2120. The molecule has 4 heterocycles. The molecule has 49 heavy (non-hydrogen) atoms. The molecule has 6 aromatic carbocycles. The highest BCUT2D eigenvalue weighted by atomic mass is 16.2. The van der Waals surface area contributed by atoms with Gasteiger partial charge < -0.3 is 0 Å². The fourth-order valence-corrected chi connectivity index (χ4v) is 6.46. The molecule has 10 rings (SSSR count). The number of hydrogen-bond acceptors (Lipinski definition) is 4. The Labute approximate surface area is 288 Å². The molecule has 4 aliphatic rings. The predicted molar refractivity (Wildman–Crippen MR) is 207 cm³/mol. The topological polar surface area (TPSA) is 65.3 Å². The van der Waals surface area contributed by atoms with E-state index in [0.717, 1.165) is 78.2 Å². The van der Waals surface area contributed by atoms with Gasteiger partial charge in [0.2, 0.25) is 0 Å². The molecule has 6 aromatic rings. The molecular formula is C42H38BN4O2. The second-order valence-electron chi connectivity index (χ2n) is 11.1. The maximum atomic E-state index is 12.7. The van der Waals surface area contributed by atoms with Crippen molar-refractivity contribution in [2.45, 2.75) is 41.3 Å². The normalized spacial score (nSPS) is 13.3. The zero-order valence-corrected chi connectivity index (χ0v) is 28.7. The summed E-state index contributed by atoms with van der Waals surface area (Å²) in [5, 5.41) is 4.31. The van der Waals surface area contributed by atoms with Gasteiger partial charge in [0.25, 0.3) is 11.8 Å². The minimum atomic E-state index is 0.00588. The predicted octanol–water partition coefficient (Wildman–Crippen LogP) is 10.6. The first-order chi connectivity index (χ1) is 24.1. The Kier molecular flexibility index (Phi) is 9.54.